The molecule has 0 aromatic rings. The Balaban J connectivity index is 1.47. The first-order valence-electron chi connectivity index (χ1n) is 12.7. The second-order valence-electron chi connectivity index (χ2n) is 12.0. The fourth-order valence-electron chi connectivity index (χ4n) is 7.90. The van der Waals surface area contributed by atoms with Gasteiger partial charge in [0, 0.05) is 18.8 Å². The second-order valence-corrected chi connectivity index (χ2v) is 12.0. The van der Waals surface area contributed by atoms with E-state index in [1.807, 2.05) is 6.08 Å². The molecule has 0 radical (unpaired) electrons. The van der Waals surface area contributed by atoms with Crippen molar-refractivity contribution >= 4 is 17.5 Å². The number of hydrogen-bond donors (Lipinski definition) is 0. The maximum atomic E-state index is 12.7. The van der Waals surface area contributed by atoms with Gasteiger partial charge in [-0.1, -0.05) is 39.0 Å². The summed E-state index contributed by atoms with van der Waals surface area (Å²) in [6, 6.07) is 0. The summed E-state index contributed by atoms with van der Waals surface area (Å²) >= 11 is 0. The van der Waals surface area contributed by atoms with Gasteiger partial charge < -0.3 is 4.74 Å². The predicted octanol–water partition coefficient (Wildman–Crippen LogP) is 6.01. The molecule has 0 N–H and O–H groups in total. The van der Waals surface area contributed by atoms with Crippen molar-refractivity contribution in [3.63, 3.8) is 0 Å². The van der Waals surface area contributed by atoms with Gasteiger partial charge in [-0.15, -0.1) is 0 Å². The molecule has 4 aliphatic carbocycles. The van der Waals surface area contributed by atoms with Crippen LogP contribution in [0.5, 0.6) is 0 Å². The van der Waals surface area contributed by atoms with Crippen LogP contribution in [0.2, 0.25) is 0 Å². The summed E-state index contributed by atoms with van der Waals surface area (Å²) < 4.78 is 5.25. The van der Waals surface area contributed by atoms with Gasteiger partial charge in [-0.2, -0.15) is 0 Å². The van der Waals surface area contributed by atoms with Crippen molar-refractivity contribution in [2.75, 3.05) is 0 Å². The van der Waals surface area contributed by atoms with Gasteiger partial charge >= 0.3 is 5.97 Å². The quantitative estimate of drug-likeness (QED) is 0.463. The van der Waals surface area contributed by atoms with Gasteiger partial charge in [0.1, 0.15) is 0 Å². The van der Waals surface area contributed by atoms with Crippen LogP contribution in [0.3, 0.4) is 0 Å². The lowest BCUT2D eigenvalue weighted by atomic mass is 9.49. The number of ketones is 2. The number of fused-ring (bicyclic) bond motifs is 5. The van der Waals surface area contributed by atoms with Crippen molar-refractivity contribution in [1.82, 2.24) is 0 Å². The largest absolute Gasteiger partial charge is 0.452 e. The molecule has 4 rings (SSSR count). The number of hydrogen-bond acceptors (Lipinski definition) is 4. The van der Waals surface area contributed by atoms with Crippen LogP contribution in [0.4, 0.5) is 0 Å². The number of carbonyl (C=O) groups excluding carboxylic acids is 3. The van der Waals surface area contributed by atoms with Crippen molar-refractivity contribution in [2.24, 2.45) is 40.4 Å². The molecule has 0 spiro atoms. The summed E-state index contributed by atoms with van der Waals surface area (Å²) in [4.78, 5) is 36.0. The van der Waals surface area contributed by atoms with Crippen molar-refractivity contribution in [1.29, 1.82) is 0 Å². The minimum atomic E-state index is -1.05. The molecule has 4 nitrogen and oxygen atoms in total. The van der Waals surface area contributed by atoms with Gasteiger partial charge in [-0.05, 0) is 98.7 Å². The first kappa shape index (κ1) is 24.2. The standard InChI is InChI=1S/C29H40O4/c1-18(7-12-26(32)27(3,4)33-19(2)30)23-10-11-24-22-9-8-20-17-21(31)13-15-28(20,5)25(22)14-16-29(23,24)6/h8-9,13,15,17-18,22-25H,7,10-12,14,16H2,1-6H3/t18-,22+,23-,24+,25+,28+,29-/m1/s1. The van der Waals surface area contributed by atoms with E-state index in [-0.39, 0.29) is 22.4 Å². The third-order valence-corrected chi connectivity index (χ3v) is 9.77. The van der Waals surface area contributed by atoms with Crippen molar-refractivity contribution < 1.29 is 19.1 Å². The van der Waals surface area contributed by atoms with E-state index in [1.165, 1.54) is 38.2 Å². The lowest BCUT2D eigenvalue weighted by molar-refractivity contribution is -0.162. The summed E-state index contributed by atoms with van der Waals surface area (Å²) in [6.07, 6.45) is 16.5. The highest BCUT2D eigenvalue weighted by atomic mass is 16.6. The third kappa shape index (κ3) is 4.08. The van der Waals surface area contributed by atoms with Crippen molar-refractivity contribution in [3.8, 4) is 0 Å². The summed E-state index contributed by atoms with van der Waals surface area (Å²) in [7, 11) is 0. The van der Waals surface area contributed by atoms with Crippen LogP contribution in [0.15, 0.2) is 36.0 Å². The first-order valence-corrected chi connectivity index (χ1v) is 12.7. The molecule has 4 aliphatic rings. The van der Waals surface area contributed by atoms with E-state index in [0.29, 0.717) is 36.0 Å². The highest BCUT2D eigenvalue weighted by molar-refractivity contribution is 6.01. The molecule has 0 amide bonds. The Labute approximate surface area is 198 Å². The predicted molar refractivity (Wildman–Crippen MR) is 129 cm³/mol. The van der Waals surface area contributed by atoms with Gasteiger partial charge in [0.25, 0.3) is 0 Å². The Morgan fingerprint density at radius 1 is 1.15 bits per heavy atom. The molecular weight excluding hydrogens is 412 g/mol. The Morgan fingerprint density at radius 3 is 2.58 bits per heavy atom. The number of Topliss-reactive ketones (excluding diaryl/α,β-unsaturated/α-hetero) is 1. The molecule has 0 aromatic heterocycles. The topological polar surface area (TPSA) is 60.4 Å². The molecule has 2 fully saturated rings. The average molecular weight is 453 g/mol. The molecule has 0 bridgehead atoms. The molecular formula is C29H40O4. The first-order chi connectivity index (χ1) is 15.4. The zero-order valence-electron chi connectivity index (χ0n) is 21.1. The van der Waals surface area contributed by atoms with Crippen molar-refractivity contribution in [2.45, 2.75) is 85.7 Å². The molecule has 2 saturated carbocycles. The summed E-state index contributed by atoms with van der Waals surface area (Å²) in [6.45, 7) is 11.9. The maximum Gasteiger partial charge on any atom is 0.303 e. The normalized spacial score (nSPS) is 38.1. The molecule has 7 atom stereocenters. The SMILES string of the molecule is CC(=O)OC(C)(C)C(=O)CC[C@@H](C)[C@H]1CC[C@H]2[C@@H]3C=CC4=CC(=O)C=C[C@]4(C)[C@H]3CC[C@]12C. The molecule has 0 aliphatic heterocycles. The lowest BCUT2D eigenvalue weighted by Gasteiger charge is -2.55. The molecule has 0 heterocycles. The van der Waals surface area contributed by atoms with Gasteiger partial charge in [0.15, 0.2) is 17.2 Å². The lowest BCUT2D eigenvalue weighted by Crippen LogP contribution is -2.48. The monoisotopic (exact) mass is 452 g/mol. The maximum absolute atomic E-state index is 12.7. The van der Waals surface area contributed by atoms with Crippen LogP contribution in [0.1, 0.15) is 80.1 Å². The van der Waals surface area contributed by atoms with E-state index >= 15 is 0 Å². The van der Waals surface area contributed by atoms with Crippen LogP contribution in [0.25, 0.3) is 0 Å². The number of allylic oxidation sites excluding steroid dienone is 6. The number of esters is 1. The highest BCUT2D eigenvalue weighted by Gasteiger charge is 2.58. The minimum Gasteiger partial charge on any atom is -0.452 e. The van der Waals surface area contributed by atoms with E-state index in [1.54, 1.807) is 19.9 Å². The second kappa shape index (κ2) is 8.36. The molecule has 0 aromatic carbocycles. The number of rotatable bonds is 6. The van der Waals surface area contributed by atoms with E-state index in [0.717, 1.165) is 6.42 Å². The molecule has 4 heteroatoms. The van der Waals surface area contributed by atoms with Crippen LogP contribution >= 0.6 is 0 Å². The van der Waals surface area contributed by atoms with Crippen LogP contribution in [-0.2, 0) is 19.1 Å². The smallest absolute Gasteiger partial charge is 0.303 e. The average Bonchev–Trinajstić information content (AvgIpc) is 3.08. The van der Waals surface area contributed by atoms with Crippen LogP contribution in [-0.4, -0.2) is 23.1 Å². The van der Waals surface area contributed by atoms with E-state index < -0.39 is 11.6 Å². The third-order valence-electron chi connectivity index (χ3n) is 9.77. The van der Waals surface area contributed by atoms with Crippen molar-refractivity contribution in [3.05, 3.63) is 36.0 Å². The zero-order valence-corrected chi connectivity index (χ0v) is 21.1. The fraction of sp³-hybridized carbons (Fsp3) is 0.690. The Morgan fingerprint density at radius 2 is 1.88 bits per heavy atom. The molecule has 0 saturated heterocycles. The van der Waals surface area contributed by atoms with E-state index in [9.17, 15) is 14.4 Å². The van der Waals surface area contributed by atoms with Gasteiger partial charge in [-0.3, -0.25) is 14.4 Å². The minimum absolute atomic E-state index is 0.00838. The molecule has 33 heavy (non-hydrogen) atoms. The number of ether oxygens (including phenoxy) is 1. The highest BCUT2D eigenvalue weighted by Crippen LogP contribution is 2.65. The Hall–Kier alpha value is -1.97. The van der Waals surface area contributed by atoms with E-state index in [4.69, 9.17) is 4.74 Å². The van der Waals surface area contributed by atoms with Crippen LogP contribution in [0, 0.1) is 40.4 Å². The zero-order chi connectivity index (χ0) is 24.2. The van der Waals surface area contributed by atoms with Gasteiger partial charge in [0.05, 0.1) is 0 Å². The van der Waals surface area contributed by atoms with Gasteiger partial charge in [0.2, 0.25) is 0 Å². The molecule has 180 valence electrons. The van der Waals surface area contributed by atoms with Gasteiger partial charge in [-0.25, -0.2) is 0 Å². The van der Waals surface area contributed by atoms with E-state index in [2.05, 4.69) is 39.0 Å². The Bertz CT molecular complexity index is 937. The fourth-order valence-corrected chi connectivity index (χ4v) is 7.90. The van der Waals surface area contributed by atoms with Crippen LogP contribution < -0.4 is 0 Å². The summed E-state index contributed by atoms with van der Waals surface area (Å²) in [5.74, 6) is 2.52. The molecule has 0 unspecified atom stereocenters. The Kier molecular flexibility index (Phi) is 6.12. The summed E-state index contributed by atoms with van der Waals surface area (Å²) in [5, 5.41) is 0. The number of carbonyl (C=O) groups is 3. The summed E-state index contributed by atoms with van der Waals surface area (Å²) in [5.41, 5.74) is 0.378.